The molecule has 1 aromatic heterocycles. The zero-order valence-electron chi connectivity index (χ0n) is 16.1. The first kappa shape index (κ1) is 20.8. The van der Waals surface area contributed by atoms with Crippen LogP contribution in [0, 0.1) is 0 Å². The number of ether oxygens (including phenoxy) is 2. The van der Waals surface area contributed by atoms with Gasteiger partial charge in [0, 0.05) is 38.3 Å². The Morgan fingerprint density at radius 2 is 2.14 bits per heavy atom. The molecule has 2 heterocycles. The van der Waals surface area contributed by atoms with Gasteiger partial charge in [-0.25, -0.2) is 4.98 Å². The molecule has 29 heavy (non-hydrogen) atoms. The Hall–Kier alpha value is -2.97. The lowest BCUT2D eigenvalue weighted by Crippen LogP contribution is -2.38. The van der Waals surface area contributed by atoms with E-state index in [1.165, 1.54) is 17.3 Å². The van der Waals surface area contributed by atoms with Gasteiger partial charge >= 0.3 is 6.18 Å². The minimum Gasteiger partial charge on any atom is -0.493 e. The molecule has 0 aliphatic carbocycles. The topological polar surface area (TPSA) is 67.8 Å². The summed E-state index contributed by atoms with van der Waals surface area (Å²) in [6, 6.07) is 9.49. The van der Waals surface area contributed by atoms with E-state index in [2.05, 4.69) is 26.7 Å². The Morgan fingerprint density at radius 1 is 1.28 bits per heavy atom. The molecule has 1 aromatic carbocycles. The molecule has 0 atom stereocenters. The van der Waals surface area contributed by atoms with Gasteiger partial charge in [0.15, 0.2) is 12.6 Å². The van der Waals surface area contributed by atoms with Crippen molar-refractivity contribution in [1.82, 2.24) is 15.6 Å². The van der Waals surface area contributed by atoms with Crippen molar-refractivity contribution < 1.29 is 22.6 Å². The lowest BCUT2D eigenvalue weighted by Gasteiger charge is -2.15. The fraction of sp³-hybridized carbons (Fsp3) is 0.400. The maximum absolute atomic E-state index is 12.4. The van der Waals surface area contributed by atoms with Crippen LogP contribution in [0.2, 0.25) is 0 Å². The number of aliphatic imine (C=N–C) groups is 1. The first-order valence-corrected chi connectivity index (χ1v) is 9.27. The molecule has 0 spiro atoms. The number of nitrogens with zero attached hydrogens (tertiary/aromatic N) is 2. The second-order valence-electron chi connectivity index (χ2n) is 6.51. The normalized spacial score (nSPS) is 13.6. The number of guanidine groups is 1. The van der Waals surface area contributed by atoms with Crippen molar-refractivity contribution in [3.05, 3.63) is 53.2 Å². The van der Waals surface area contributed by atoms with Crippen molar-refractivity contribution in [3.63, 3.8) is 0 Å². The van der Waals surface area contributed by atoms with Crippen molar-refractivity contribution in [1.29, 1.82) is 0 Å². The van der Waals surface area contributed by atoms with Crippen LogP contribution in [0.5, 0.6) is 11.6 Å². The summed E-state index contributed by atoms with van der Waals surface area (Å²) in [5.41, 5.74) is 2.94. The molecule has 2 aromatic rings. The number of nitrogens with one attached hydrogen (secondary N) is 2. The number of rotatable bonds is 7. The second-order valence-corrected chi connectivity index (χ2v) is 6.51. The highest BCUT2D eigenvalue weighted by Crippen LogP contribution is 2.26. The highest BCUT2D eigenvalue weighted by Gasteiger charge is 2.29. The third-order valence-corrected chi connectivity index (χ3v) is 4.35. The zero-order chi connectivity index (χ0) is 20.7. The van der Waals surface area contributed by atoms with Crippen LogP contribution in [0.1, 0.15) is 16.7 Å². The minimum absolute atomic E-state index is 0.0480. The predicted molar refractivity (Wildman–Crippen MR) is 103 cm³/mol. The second kappa shape index (κ2) is 9.49. The van der Waals surface area contributed by atoms with Crippen molar-refractivity contribution >= 4 is 5.96 Å². The van der Waals surface area contributed by atoms with Gasteiger partial charge in [0.05, 0.1) is 6.61 Å². The largest absolute Gasteiger partial charge is 0.493 e. The SMILES string of the molecule is CN=C(NCCc1ccc2c(c1)CCO2)NCc1cccnc1OCC(F)(F)F. The molecule has 0 bridgehead atoms. The van der Waals surface area contributed by atoms with Gasteiger partial charge in [-0.15, -0.1) is 0 Å². The minimum atomic E-state index is -4.41. The summed E-state index contributed by atoms with van der Waals surface area (Å²) in [6.07, 6.45) is -1.28. The van der Waals surface area contributed by atoms with E-state index >= 15 is 0 Å². The van der Waals surface area contributed by atoms with Crippen molar-refractivity contribution in [2.45, 2.75) is 25.6 Å². The fourth-order valence-electron chi connectivity index (χ4n) is 2.96. The molecule has 0 unspecified atom stereocenters. The number of pyridine rings is 1. The molecule has 0 amide bonds. The molecule has 0 radical (unpaired) electrons. The van der Waals surface area contributed by atoms with Gasteiger partial charge in [-0.05, 0) is 29.7 Å². The van der Waals surface area contributed by atoms with Gasteiger partial charge in [0.1, 0.15) is 5.75 Å². The van der Waals surface area contributed by atoms with Crippen molar-refractivity contribution in [2.75, 3.05) is 26.8 Å². The summed E-state index contributed by atoms with van der Waals surface area (Å²) >= 11 is 0. The molecule has 156 valence electrons. The highest BCUT2D eigenvalue weighted by atomic mass is 19.4. The fourth-order valence-corrected chi connectivity index (χ4v) is 2.96. The highest BCUT2D eigenvalue weighted by molar-refractivity contribution is 5.79. The number of aromatic nitrogens is 1. The smallest absolute Gasteiger partial charge is 0.422 e. The van der Waals surface area contributed by atoms with E-state index in [-0.39, 0.29) is 12.4 Å². The standard InChI is InChI=1S/C20H23F3N4O2/c1-24-19(26-9-6-14-4-5-17-15(11-14)7-10-28-17)27-12-16-3-2-8-25-18(16)29-13-20(21,22)23/h2-5,8,11H,6-7,9-10,12-13H2,1H3,(H2,24,26,27). The van der Waals surface area contributed by atoms with Gasteiger partial charge in [0.25, 0.3) is 0 Å². The quantitative estimate of drug-likeness (QED) is 0.545. The zero-order valence-corrected chi connectivity index (χ0v) is 16.1. The molecule has 1 aliphatic rings. The number of hydrogen-bond acceptors (Lipinski definition) is 4. The lowest BCUT2D eigenvalue weighted by molar-refractivity contribution is -0.154. The third kappa shape index (κ3) is 6.27. The molecule has 0 saturated carbocycles. The van der Waals surface area contributed by atoms with Crippen LogP contribution >= 0.6 is 0 Å². The average molecular weight is 408 g/mol. The van der Waals surface area contributed by atoms with Gasteiger partial charge in [-0.2, -0.15) is 13.2 Å². The molecular formula is C20H23F3N4O2. The summed E-state index contributed by atoms with van der Waals surface area (Å²) < 4.78 is 47.5. The summed E-state index contributed by atoms with van der Waals surface area (Å²) in [5.74, 6) is 1.45. The summed E-state index contributed by atoms with van der Waals surface area (Å²) in [6.45, 7) is 0.243. The molecule has 1 aliphatic heterocycles. The van der Waals surface area contributed by atoms with E-state index in [1.807, 2.05) is 12.1 Å². The van der Waals surface area contributed by atoms with Gasteiger partial charge in [0.2, 0.25) is 5.88 Å². The summed E-state index contributed by atoms with van der Waals surface area (Å²) in [5, 5.41) is 6.27. The van der Waals surface area contributed by atoms with E-state index in [4.69, 9.17) is 9.47 Å². The van der Waals surface area contributed by atoms with Crippen molar-refractivity contribution in [3.8, 4) is 11.6 Å². The first-order valence-electron chi connectivity index (χ1n) is 9.27. The molecule has 3 rings (SSSR count). The van der Waals surface area contributed by atoms with Crippen LogP contribution in [0.25, 0.3) is 0 Å². The Labute approximate surface area is 167 Å². The Kier molecular flexibility index (Phi) is 6.79. The van der Waals surface area contributed by atoms with Gasteiger partial charge < -0.3 is 20.1 Å². The predicted octanol–water partition coefficient (Wildman–Crippen LogP) is 2.87. The maximum atomic E-state index is 12.4. The molecule has 0 saturated heterocycles. The van der Waals surface area contributed by atoms with Crippen LogP contribution in [-0.4, -0.2) is 43.9 Å². The van der Waals surface area contributed by atoms with Crippen LogP contribution in [0.3, 0.4) is 0 Å². The van der Waals surface area contributed by atoms with E-state index < -0.39 is 12.8 Å². The van der Waals surface area contributed by atoms with E-state index in [9.17, 15) is 13.2 Å². The molecular weight excluding hydrogens is 385 g/mol. The third-order valence-electron chi connectivity index (χ3n) is 4.35. The van der Waals surface area contributed by atoms with E-state index in [0.29, 0.717) is 18.1 Å². The number of fused-ring (bicyclic) bond motifs is 1. The van der Waals surface area contributed by atoms with Crippen LogP contribution < -0.4 is 20.1 Å². The maximum Gasteiger partial charge on any atom is 0.422 e. The molecule has 6 nitrogen and oxygen atoms in total. The Balaban J connectivity index is 1.48. The van der Waals surface area contributed by atoms with Crippen molar-refractivity contribution in [2.24, 2.45) is 4.99 Å². The number of halogens is 3. The molecule has 2 N–H and O–H groups in total. The first-order chi connectivity index (χ1) is 13.9. The number of benzene rings is 1. The molecule has 9 heteroatoms. The van der Waals surface area contributed by atoms with Gasteiger partial charge in [-0.3, -0.25) is 4.99 Å². The molecule has 0 fully saturated rings. The van der Waals surface area contributed by atoms with E-state index in [0.717, 1.165) is 25.2 Å². The summed E-state index contributed by atoms with van der Waals surface area (Å²) in [4.78, 5) is 8.02. The van der Waals surface area contributed by atoms with Gasteiger partial charge in [-0.1, -0.05) is 18.2 Å². The van der Waals surface area contributed by atoms with E-state index in [1.54, 1.807) is 19.2 Å². The van der Waals surface area contributed by atoms with Crippen LogP contribution in [0.4, 0.5) is 13.2 Å². The van der Waals surface area contributed by atoms with Crippen LogP contribution in [-0.2, 0) is 19.4 Å². The lowest BCUT2D eigenvalue weighted by atomic mass is 10.1. The average Bonchev–Trinajstić information content (AvgIpc) is 3.17. The summed E-state index contributed by atoms with van der Waals surface area (Å²) in [7, 11) is 1.63. The number of hydrogen-bond donors (Lipinski definition) is 2. The number of alkyl halides is 3. The Morgan fingerprint density at radius 3 is 2.93 bits per heavy atom. The van der Waals surface area contributed by atoms with Crippen LogP contribution in [0.15, 0.2) is 41.5 Å². The Bertz CT molecular complexity index is 856. The monoisotopic (exact) mass is 408 g/mol.